The van der Waals surface area contributed by atoms with Crippen LogP contribution in [0, 0.1) is 23.7 Å². The van der Waals surface area contributed by atoms with Gasteiger partial charge in [0.15, 0.2) is 0 Å². The van der Waals surface area contributed by atoms with Crippen LogP contribution >= 0.6 is 0 Å². The van der Waals surface area contributed by atoms with Gasteiger partial charge in [-0.1, -0.05) is 105 Å². The van der Waals surface area contributed by atoms with E-state index >= 15 is 0 Å². The molecule has 3 unspecified atom stereocenters. The molecule has 1 rings (SSSR count). The van der Waals surface area contributed by atoms with E-state index in [4.69, 9.17) is 9.47 Å². The van der Waals surface area contributed by atoms with Gasteiger partial charge >= 0.3 is 11.9 Å². The van der Waals surface area contributed by atoms with Gasteiger partial charge in [-0.05, 0) is 43.9 Å². The maximum absolute atomic E-state index is 12.9. The van der Waals surface area contributed by atoms with Crippen LogP contribution in [0.5, 0.6) is 0 Å². The molecule has 1 saturated carbocycles. The molecule has 0 bridgehead atoms. The lowest BCUT2D eigenvalue weighted by Gasteiger charge is -2.29. The van der Waals surface area contributed by atoms with Crippen LogP contribution in [-0.4, -0.2) is 25.2 Å². The molecule has 194 valence electrons. The van der Waals surface area contributed by atoms with E-state index in [0.29, 0.717) is 19.1 Å². The molecule has 0 saturated heterocycles. The van der Waals surface area contributed by atoms with E-state index in [1.807, 2.05) is 0 Å². The van der Waals surface area contributed by atoms with Crippen LogP contribution in [0.2, 0.25) is 0 Å². The number of hydrogen-bond acceptors (Lipinski definition) is 4. The monoisotopic (exact) mass is 466 g/mol. The standard InChI is InChI=1S/C29H54O4/c1-5-7-12-19-25(17-6-2)23-33-29(31)27-21-15-14-20-26(27)28(30)32-22-16-11-9-8-10-13-18-24(3)4/h24-27H,5-23H2,1-4H3. The van der Waals surface area contributed by atoms with Gasteiger partial charge in [-0.2, -0.15) is 0 Å². The third-order valence-corrected chi connectivity index (χ3v) is 7.17. The topological polar surface area (TPSA) is 52.6 Å². The van der Waals surface area contributed by atoms with Crippen molar-refractivity contribution in [2.75, 3.05) is 13.2 Å². The predicted octanol–water partition coefficient (Wildman–Crippen LogP) is 8.26. The molecule has 1 aliphatic rings. The molecule has 3 atom stereocenters. The lowest BCUT2D eigenvalue weighted by molar-refractivity contribution is -0.163. The van der Waals surface area contributed by atoms with E-state index in [1.54, 1.807) is 0 Å². The van der Waals surface area contributed by atoms with Crippen LogP contribution in [0.3, 0.4) is 0 Å². The van der Waals surface area contributed by atoms with Gasteiger partial charge in [0.1, 0.15) is 0 Å². The van der Waals surface area contributed by atoms with Crippen molar-refractivity contribution in [2.24, 2.45) is 23.7 Å². The number of ether oxygens (including phenoxy) is 2. The maximum atomic E-state index is 12.9. The molecule has 4 heteroatoms. The lowest BCUT2D eigenvalue weighted by atomic mass is 9.79. The summed E-state index contributed by atoms with van der Waals surface area (Å²) in [7, 11) is 0. The Morgan fingerprint density at radius 1 is 0.697 bits per heavy atom. The van der Waals surface area contributed by atoms with Gasteiger partial charge in [-0.25, -0.2) is 0 Å². The summed E-state index contributed by atoms with van der Waals surface area (Å²) in [5.41, 5.74) is 0. The van der Waals surface area contributed by atoms with Gasteiger partial charge in [0.05, 0.1) is 25.0 Å². The molecule has 0 heterocycles. The number of unbranched alkanes of at least 4 members (excludes halogenated alkanes) is 7. The Hall–Kier alpha value is -1.06. The van der Waals surface area contributed by atoms with Crippen molar-refractivity contribution in [1.29, 1.82) is 0 Å². The molecule has 0 spiro atoms. The summed E-state index contributed by atoms with van der Waals surface area (Å²) in [6.07, 6.45) is 19.0. The minimum absolute atomic E-state index is 0.172. The molecular formula is C29H54O4. The van der Waals surface area contributed by atoms with E-state index in [1.165, 1.54) is 51.4 Å². The molecule has 33 heavy (non-hydrogen) atoms. The Morgan fingerprint density at radius 2 is 1.27 bits per heavy atom. The first-order chi connectivity index (χ1) is 16.0. The van der Waals surface area contributed by atoms with Gasteiger partial charge < -0.3 is 9.47 Å². The van der Waals surface area contributed by atoms with Gasteiger partial charge in [0.2, 0.25) is 0 Å². The summed E-state index contributed by atoms with van der Waals surface area (Å²) in [5.74, 6) is 0.271. The first-order valence-electron chi connectivity index (χ1n) is 14.3. The van der Waals surface area contributed by atoms with Crippen molar-refractivity contribution >= 4 is 11.9 Å². The third-order valence-electron chi connectivity index (χ3n) is 7.17. The van der Waals surface area contributed by atoms with E-state index in [9.17, 15) is 9.59 Å². The van der Waals surface area contributed by atoms with E-state index in [2.05, 4.69) is 27.7 Å². The largest absolute Gasteiger partial charge is 0.465 e. The molecule has 0 aromatic carbocycles. The van der Waals surface area contributed by atoms with Crippen LogP contribution in [0.4, 0.5) is 0 Å². The molecular weight excluding hydrogens is 412 g/mol. The fourth-order valence-corrected chi connectivity index (χ4v) is 5.05. The zero-order valence-electron chi connectivity index (χ0n) is 22.4. The van der Waals surface area contributed by atoms with Gasteiger partial charge in [0.25, 0.3) is 0 Å². The fraction of sp³-hybridized carbons (Fsp3) is 0.931. The number of esters is 2. The van der Waals surface area contributed by atoms with E-state index in [-0.39, 0.29) is 23.8 Å². The van der Waals surface area contributed by atoms with Crippen molar-refractivity contribution in [3.05, 3.63) is 0 Å². The quantitative estimate of drug-likeness (QED) is 0.142. The summed E-state index contributed by atoms with van der Waals surface area (Å²) in [6, 6.07) is 0. The smallest absolute Gasteiger partial charge is 0.309 e. The van der Waals surface area contributed by atoms with Crippen molar-refractivity contribution in [1.82, 2.24) is 0 Å². The fourth-order valence-electron chi connectivity index (χ4n) is 5.05. The summed E-state index contributed by atoms with van der Waals surface area (Å²) < 4.78 is 11.4. The highest BCUT2D eigenvalue weighted by molar-refractivity contribution is 5.82. The van der Waals surface area contributed by atoms with Crippen molar-refractivity contribution in [2.45, 2.75) is 137 Å². The molecule has 0 radical (unpaired) electrons. The summed E-state index contributed by atoms with van der Waals surface area (Å²) >= 11 is 0. The zero-order chi connectivity index (χ0) is 24.3. The lowest BCUT2D eigenvalue weighted by Crippen LogP contribution is -2.35. The Balaban J connectivity index is 2.32. The highest BCUT2D eigenvalue weighted by Crippen LogP contribution is 2.32. The molecule has 4 nitrogen and oxygen atoms in total. The van der Waals surface area contributed by atoms with Crippen molar-refractivity contribution in [3.63, 3.8) is 0 Å². The van der Waals surface area contributed by atoms with Gasteiger partial charge in [0, 0.05) is 0 Å². The highest BCUT2D eigenvalue weighted by atomic mass is 16.5. The number of rotatable bonds is 19. The zero-order valence-corrected chi connectivity index (χ0v) is 22.4. The van der Waals surface area contributed by atoms with E-state index in [0.717, 1.165) is 63.7 Å². The molecule has 0 amide bonds. The predicted molar refractivity (Wildman–Crippen MR) is 137 cm³/mol. The minimum atomic E-state index is -0.315. The average molecular weight is 467 g/mol. The molecule has 1 fully saturated rings. The van der Waals surface area contributed by atoms with Crippen LogP contribution < -0.4 is 0 Å². The Kier molecular flexibility index (Phi) is 17.5. The normalized spacial score (nSPS) is 19.4. The highest BCUT2D eigenvalue weighted by Gasteiger charge is 2.38. The number of carbonyl (C=O) groups is 2. The molecule has 0 aromatic rings. The molecule has 0 aromatic heterocycles. The Labute approximate surface area is 205 Å². The second kappa shape index (κ2) is 19.3. The third kappa shape index (κ3) is 14.1. The van der Waals surface area contributed by atoms with Gasteiger partial charge in [-0.3, -0.25) is 9.59 Å². The number of hydrogen-bond donors (Lipinski definition) is 0. The SMILES string of the molecule is CCCCCC(CCC)COC(=O)C1CCCCC1C(=O)OCCCCCCCCC(C)C. The minimum Gasteiger partial charge on any atom is -0.465 e. The van der Waals surface area contributed by atoms with Crippen molar-refractivity contribution in [3.8, 4) is 0 Å². The summed E-state index contributed by atoms with van der Waals surface area (Å²) in [5, 5.41) is 0. The van der Waals surface area contributed by atoms with Crippen molar-refractivity contribution < 1.29 is 19.1 Å². The molecule has 0 aliphatic heterocycles. The second-order valence-electron chi connectivity index (χ2n) is 10.7. The second-order valence-corrected chi connectivity index (χ2v) is 10.7. The van der Waals surface area contributed by atoms with Crippen LogP contribution in [0.15, 0.2) is 0 Å². The van der Waals surface area contributed by atoms with Crippen LogP contribution in [-0.2, 0) is 19.1 Å². The first-order valence-corrected chi connectivity index (χ1v) is 14.3. The van der Waals surface area contributed by atoms with Crippen LogP contribution in [0.1, 0.15) is 137 Å². The van der Waals surface area contributed by atoms with Crippen LogP contribution in [0.25, 0.3) is 0 Å². The average Bonchev–Trinajstić information content (AvgIpc) is 2.81. The molecule has 1 aliphatic carbocycles. The maximum Gasteiger partial charge on any atom is 0.309 e. The summed E-state index contributed by atoms with van der Waals surface area (Å²) in [6.45, 7) is 9.96. The molecule has 0 N–H and O–H groups in total. The Morgan fingerprint density at radius 3 is 1.88 bits per heavy atom. The first kappa shape index (κ1) is 30.0. The summed E-state index contributed by atoms with van der Waals surface area (Å²) in [4.78, 5) is 25.6. The van der Waals surface area contributed by atoms with E-state index < -0.39 is 0 Å². The number of carbonyl (C=O) groups excluding carboxylic acids is 2. The van der Waals surface area contributed by atoms with Gasteiger partial charge in [-0.15, -0.1) is 0 Å². The Bertz CT molecular complexity index is 502.